The Labute approximate surface area is 146 Å². The van der Waals surface area contributed by atoms with Crippen molar-refractivity contribution in [2.45, 2.75) is 19.4 Å². The van der Waals surface area contributed by atoms with E-state index in [0.29, 0.717) is 12.2 Å². The van der Waals surface area contributed by atoms with Gasteiger partial charge in [-0.1, -0.05) is 30.3 Å². The van der Waals surface area contributed by atoms with E-state index in [1.165, 1.54) is 0 Å². The Morgan fingerprint density at radius 1 is 1.12 bits per heavy atom. The Kier molecular flexibility index (Phi) is 4.61. The largest absolute Gasteiger partial charge is 0.447 e. The highest BCUT2D eigenvalue weighted by Gasteiger charge is 2.38. The second-order valence-electron chi connectivity index (χ2n) is 6.35. The zero-order valence-electron chi connectivity index (χ0n) is 14.3. The molecule has 6 nitrogen and oxygen atoms in total. The van der Waals surface area contributed by atoms with E-state index >= 15 is 0 Å². The molecule has 1 heterocycles. The topological polar surface area (TPSA) is 70.7 Å². The molecule has 0 saturated heterocycles. The Hall–Kier alpha value is -3.02. The van der Waals surface area contributed by atoms with Crippen molar-refractivity contribution in [3.63, 3.8) is 0 Å². The van der Waals surface area contributed by atoms with E-state index in [1.807, 2.05) is 56.3 Å². The standard InChI is InChI=1S/C19H21N3O3/c1-19(2)17(23)22(16-11-7-6-10-15(16)21-19)12-13-25-18(24)20-14-8-4-3-5-9-14/h3-11,21H,12-13H2,1-2H3,(H,20,24). The summed E-state index contributed by atoms with van der Waals surface area (Å²) in [5, 5.41) is 5.89. The quantitative estimate of drug-likeness (QED) is 0.895. The van der Waals surface area contributed by atoms with Crippen LogP contribution in [-0.4, -0.2) is 30.7 Å². The summed E-state index contributed by atoms with van der Waals surface area (Å²) >= 11 is 0. The highest BCUT2D eigenvalue weighted by Crippen LogP contribution is 2.34. The first kappa shape index (κ1) is 16.8. The van der Waals surface area contributed by atoms with Gasteiger partial charge in [-0.3, -0.25) is 10.1 Å². The zero-order valence-corrected chi connectivity index (χ0v) is 14.3. The third-order valence-corrected chi connectivity index (χ3v) is 3.99. The lowest BCUT2D eigenvalue weighted by atomic mass is 9.98. The van der Waals surface area contributed by atoms with Crippen molar-refractivity contribution < 1.29 is 14.3 Å². The van der Waals surface area contributed by atoms with Gasteiger partial charge in [-0.05, 0) is 38.1 Å². The van der Waals surface area contributed by atoms with E-state index in [1.54, 1.807) is 17.0 Å². The summed E-state index contributed by atoms with van der Waals surface area (Å²) in [7, 11) is 0. The molecule has 1 aliphatic heterocycles. The average molecular weight is 339 g/mol. The van der Waals surface area contributed by atoms with Crippen LogP contribution in [-0.2, 0) is 9.53 Å². The summed E-state index contributed by atoms with van der Waals surface area (Å²) in [6, 6.07) is 16.7. The van der Waals surface area contributed by atoms with Gasteiger partial charge in [0.2, 0.25) is 0 Å². The molecule has 0 saturated carbocycles. The molecule has 130 valence electrons. The highest BCUT2D eigenvalue weighted by atomic mass is 16.5. The van der Waals surface area contributed by atoms with Gasteiger partial charge in [-0.2, -0.15) is 0 Å². The first-order valence-electron chi connectivity index (χ1n) is 8.15. The van der Waals surface area contributed by atoms with Gasteiger partial charge < -0.3 is 15.0 Å². The minimum atomic E-state index is -0.708. The van der Waals surface area contributed by atoms with Crippen LogP contribution in [0.4, 0.5) is 21.9 Å². The molecular weight excluding hydrogens is 318 g/mol. The minimum absolute atomic E-state index is 0.0572. The van der Waals surface area contributed by atoms with E-state index in [-0.39, 0.29) is 12.5 Å². The number of amides is 2. The molecule has 0 bridgehead atoms. The fourth-order valence-electron chi connectivity index (χ4n) is 2.78. The fourth-order valence-corrected chi connectivity index (χ4v) is 2.78. The molecule has 0 aliphatic carbocycles. The molecule has 3 rings (SSSR count). The highest BCUT2D eigenvalue weighted by molar-refractivity contribution is 6.07. The number of para-hydroxylation sites is 3. The number of nitrogens with one attached hydrogen (secondary N) is 2. The van der Waals surface area contributed by atoms with Gasteiger partial charge in [0.15, 0.2) is 0 Å². The van der Waals surface area contributed by atoms with Crippen molar-refractivity contribution in [3.05, 3.63) is 54.6 Å². The number of fused-ring (bicyclic) bond motifs is 1. The van der Waals surface area contributed by atoms with Gasteiger partial charge in [0.1, 0.15) is 12.1 Å². The van der Waals surface area contributed by atoms with Crippen LogP contribution in [0, 0.1) is 0 Å². The lowest BCUT2D eigenvalue weighted by molar-refractivity contribution is -0.122. The SMILES string of the molecule is CC1(C)Nc2ccccc2N(CCOC(=O)Nc2ccccc2)C1=O. The molecule has 2 aromatic rings. The molecule has 25 heavy (non-hydrogen) atoms. The van der Waals surface area contributed by atoms with Crippen molar-refractivity contribution >= 4 is 29.1 Å². The van der Waals surface area contributed by atoms with Gasteiger partial charge >= 0.3 is 6.09 Å². The first-order chi connectivity index (χ1) is 12.0. The third kappa shape index (κ3) is 3.74. The van der Waals surface area contributed by atoms with Gasteiger partial charge in [0, 0.05) is 5.69 Å². The van der Waals surface area contributed by atoms with Crippen LogP contribution in [0.3, 0.4) is 0 Å². The lowest BCUT2D eigenvalue weighted by Gasteiger charge is -2.39. The summed E-state index contributed by atoms with van der Waals surface area (Å²) in [6.45, 7) is 4.07. The van der Waals surface area contributed by atoms with Crippen molar-refractivity contribution in [1.29, 1.82) is 0 Å². The van der Waals surface area contributed by atoms with Gasteiger partial charge in [-0.25, -0.2) is 4.79 Å². The monoisotopic (exact) mass is 339 g/mol. The maximum Gasteiger partial charge on any atom is 0.411 e. The van der Waals surface area contributed by atoms with Crippen LogP contribution in [0.2, 0.25) is 0 Å². The molecule has 0 aromatic heterocycles. The molecule has 2 aromatic carbocycles. The second-order valence-corrected chi connectivity index (χ2v) is 6.35. The molecule has 0 atom stereocenters. The molecule has 0 unspecified atom stereocenters. The van der Waals surface area contributed by atoms with Crippen molar-refractivity contribution in [2.24, 2.45) is 0 Å². The molecule has 6 heteroatoms. The number of anilines is 3. The van der Waals surface area contributed by atoms with E-state index in [4.69, 9.17) is 4.74 Å². The lowest BCUT2D eigenvalue weighted by Crippen LogP contribution is -2.54. The van der Waals surface area contributed by atoms with Crippen molar-refractivity contribution in [1.82, 2.24) is 0 Å². The predicted molar refractivity (Wildman–Crippen MR) is 97.9 cm³/mol. The summed E-state index contributed by atoms with van der Waals surface area (Å²) in [6.07, 6.45) is -0.540. The number of ether oxygens (including phenoxy) is 1. The number of carbonyl (C=O) groups is 2. The van der Waals surface area contributed by atoms with Crippen molar-refractivity contribution in [3.8, 4) is 0 Å². The molecule has 2 amide bonds. The van der Waals surface area contributed by atoms with E-state index < -0.39 is 11.6 Å². The van der Waals surface area contributed by atoms with E-state index in [9.17, 15) is 9.59 Å². The van der Waals surface area contributed by atoms with E-state index in [0.717, 1.165) is 11.4 Å². The Balaban J connectivity index is 1.62. The Morgan fingerprint density at radius 3 is 2.56 bits per heavy atom. The molecule has 0 fully saturated rings. The third-order valence-electron chi connectivity index (χ3n) is 3.99. The van der Waals surface area contributed by atoms with Crippen LogP contribution in [0.15, 0.2) is 54.6 Å². The van der Waals surface area contributed by atoms with Crippen LogP contribution in [0.25, 0.3) is 0 Å². The molecule has 0 spiro atoms. The van der Waals surface area contributed by atoms with Crippen LogP contribution >= 0.6 is 0 Å². The van der Waals surface area contributed by atoms with Crippen LogP contribution < -0.4 is 15.5 Å². The summed E-state index contributed by atoms with van der Waals surface area (Å²) in [4.78, 5) is 26.2. The normalized spacial score (nSPS) is 15.1. The van der Waals surface area contributed by atoms with E-state index in [2.05, 4.69) is 10.6 Å². The average Bonchev–Trinajstić information content (AvgIpc) is 2.59. The van der Waals surface area contributed by atoms with Crippen LogP contribution in [0.1, 0.15) is 13.8 Å². The molecular formula is C19H21N3O3. The van der Waals surface area contributed by atoms with Gasteiger partial charge in [0.25, 0.3) is 5.91 Å². The number of hydrogen-bond acceptors (Lipinski definition) is 4. The summed E-state index contributed by atoms with van der Waals surface area (Å²) in [5.41, 5.74) is 1.64. The predicted octanol–water partition coefficient (Wildman–Crippen LogP) is 3.47. The molecule has 1 aliphatic rings. The van der Waals surface area contributed by atoms with Crippen LogP contribution in [0.5, 0.6) is 0 Å². The maximum atomic E-state index is 12.7. The number of nitrogens with zero attached hydrogens (tertiary/aromatic N) is 1. The summed E-state index contributed by atoms with van der Waals surface area (Å²) in [5.74, 6) is -0.0572. The maximum absolute atomic E-state index is 12.7. The number of carbonyl (C=O) groups excluding carboxylic acids is 2. The summed E-state index contributed by atoms with van der Waals surface area (Å²) < 4.78 is 5.22. The number of benzene rings is 2. The zero-order chi connectivity index (χ0) is 17.9. The minimum Gasteiger partial charge on any atom is -0.447 e. The van der Waals surface area contributed by atoms with Gasteiger partial charge in [-0.15, -0.1) is 0 Å². The molecule has 0 radical (unpaired) electrons. The fraction of sp³-hybridized carbons (Fsp3) is 0.263. The van der Waals surface area contributed by atoms with Gasteiger partial charge in [0.05, 0.1) is 17.9 Å². The van der Waals surface area contributed by atoms with Crippen molar-refractivity contribution in [2.75, 3.05) is 28.7 Å². The molecule has 2 N–H and O–H groups in total. The first-order valence-corrected chi connectivity index (χ1v) is 8.15. The Bertz CT molecular complexity index is 774. The number of rotatable bonds is 4. The smallest absolute Gasteiger partial charge is 0.411 e. The Morgan fingerprint density at radius 2 is 1.80 bits per heavy atom. The second kappa shape index (κ2) is 6.84. The number of hydrogen-bond donors (Lipinski definition) is 2.